The van der Waals surface area contributed by atoms with Crippen LogP contribution in [-0.4, -0.2) is 54.8 Å². The average Bonchev–Trinajstić information content (AvgIpc) is 3.46. The summed E-state index contributed by atoms with van der Waals surface area (Å²) < 4.78 is 18.3. The number of hydrogen-bond acceptors (Lipinski definition) is 7. The van der Waals surface area contributed by atoms with E-state index in [0.717, 1.165) is 27.8 Å². The lowest BCUT2D eigenvalue weighted by molar-refractivity contribution is 0.269. The molecule has 0 bridgehead atoms. The zero-order chi connectivity index (χ0) is 24.7. The SMILES string of the molecule is CC(C)n1cc(-c2cnc(Nc3ccc4cnn(C(C)C)c4n3)cc2N2C[C@@H](N)C[C@H](F)C2)cn1. The molecular weight excluding hydrogens is 445 g/mol. The minimum atomic E-state index is -0.977. The van der Waals surface area contributed by atoms with Gasteiger partial charge in [-0.05, 0) is 46.2 Å². The Morgan fingerprint density at radius 3 is 2.57 bits per heavy atom. The first kappa shape index (κ1) is 23.2. The quantitative estimate of drug-likeness (QED) is 0.422. The van der Waals surface area contributed by atoms with E-state index in [1.54, 1.807) is 0 Å². The van der Waals surface area contributed by atoms with E-state index < -0.39 is 6.17 Å². The number of piperidine rings is 1. The summed E-state index contributed by atoms with van der Waals surface area (Å²) in [5, 5.41) is 13.2. The van der Waals surface area contributed by atoms with Crippen LogP contribution < -0.4 is 16.0 Å². The number of nitrogens with zero attached hydrogens (tertiary/aromatic N) is 7. The summed E-state index contributed by atoms with van der Waals surface area (Å²) in [6.45, 7) is 9.17. The minimum Gasteiger partial charge on any atom is -0.366 e. The first-order valence-corrected chi connectivity index (χ1v) is 12.1. The van der Waals surface area contributed by atoms with Crippen molar-refractivity contribution in [2.45, 2.75) is 58.4 Å². The molecule has 3 N–H and O–H groups in total. The number of aromatic nitrogens is 6. The Bertz CT molecular complexity index is 1320. The van der Waals surface area contributed by atoms with Gasteiger partial charge in [0.15, 0.2) is 5.65 Å². The first-order valence-electron chi connectivity index (χ1n) is 12.1. The third-order valence-electron chi connectivity index (χ3n) is 6.29. The molecule has 1 fully saturated rings. The number of hydrogen-bond donors (Lipinski definition) is 2. The van der Waals surface area contributed by atoms with Crippen LogP contribution in [0.15, 0.2) is 43.0 Å². The summed E-state index contributed by atoms with van der Waals surface area (Å²) in [5.74, 6) is 1.29. The van der Waals surface area contributed by atoms with Crippen molar-refractivity contribution in [2.75, 3.05) is 23.3 Å². The van der Waals surface area contributed by atoms with Crippen molar-refractivity contribution in [1.29, 1.82) is 0 Å². The molecule has 1 aliphatic rings. The first-order chi connectivity index (χ1) is 16.8. The molecule has 10 heteroatoms. The van der Waals surface area contributed by atoms with Crippen LogP contribution >= 0.6 is 0 Å². The van der Waals surface area contributed by atoms with Crippen molar-refractivity contribution >= 4 is 28.4 Å². The molecule has 4 aromatic rings. The molecule has 0 amide bonds. The second kappa shape index (κ2) is 9.26. The monoisotopic (exact) mass is 477 g/mol. The fourth-order valence-corrected chi connectivity index (χ4v) is 4.53. The molecule has 0 spiro atoms. The van der Waals surface area contributed by atoms with Gasteiger partial charge in [-0.2, -0.15) is 10.2 Å². The van der Waals surface area contributed by atoms with Crippen molar-refractivity contribution in [3.63, 3.8) is 0 Å². The molecule has 35 heavy (non-hydrogen) atoms. The van der Waals surface area contributed by atoms with Crippen molar-refractivity contribution < 1.29 is 4.39 Å². The Morgan fingerprint density at radius 2 is 1.86 bits per heavy atom. The van der Waals surface area contributed by atoms with E-state index in [9.17, 15) is 4.39 Å². The smallest absolute Gasteiger partial charge is 0.160 e. The molecular formula is C25H32FN9. The second-order valence-corrected chi connectivity index (χ2v) is 9.80. The standard InChI is InChI=1S/C25H32FN9/c1-15(2)34-12-18(10-29-34)21-11-28-24(8-22(21)33-13-19(26)7-20(27)14-33)31-23-6-5-17-9-30-35(16(3)4)25(17)32-23/h5-6,8-12,15-16,19-20H,7,13-14,27H2,1-4H3,(H,28,31,32)/t19-,20-/m0/s1. The Morgan fingerprint density at radius 1 is 1.03 bits per heavy atom. The largest absolute Gasteiger partial charge is 0.366 e. The number of rotatable bonds is 6. The van der Waals surface area contributed by atoms with Crippen LogP contribution in [0.2, 0.25) is 0 Å². The molecule has 0 saturated carbocycles. The van der Waals surface area contributed by atoms with Crippen molar-refractivity contribution in [3.05, 3.63) is 43.0 Å². The van der Waals surface area contributed by atoms with Crippen molar-refractivity contribution in [2.24, 2.45) is 5.73 Å². The summed E-state index contributed by atoms with van der Waals surface area (Å²) >= 11 is 0. The molecule has 0 radical (unpaired) electrons. The predicted molar refractivity (Wildman–Crippen MR) is 137 cm³/mol. The van der Waals surface area contributed by atoms with Crippen LogP contribution in [0, 0.1) is 0 Å². The van der Waals surface area contributed by atoms with Gasteiger partial charge in [-0.1, -0.05) is 0 Å². The molecule has 1 saturated heterocycles. The lowest BCUT2D eigenvalue weighted by Gasteiger charge is -2.35. The molecule has 2 atom stereocenters. The number of anilines is 3. The summed E-state index contributed by atoms with van der Waals surface area (Å²) in [5.41, 5.74) is 9.69. The van der Waals surface area contributed by atoms with Gasteiger partial charge in [0.05, 0.1) is 18.1 Å². The molecule has 184 valence electrons. The normalized spacial score (nSPS) is 18.7. The molecule has 0 unspecified atom stereocenters. The maximum absolute atomic E-state index is 14.5. The lowest BCUT2D eigenvalue weighted by Crippen LogP contribution is -2.48. The highest BCUT2D eigenvalue weighted by molar-refractivity contribution is 5.81. The average molecular weight is 478 g/mol. The third kappa shape index (κ3) is 4.70. The number of fused-ring (bicyclic) bond motifs is 1. The zero-order valence-corrected chi connectivity index (χ0v) is 20.6. The van der Waals surface area contributed by atoms with Gasteiger partial charge in [-0.15, -0.1) is 0 Å². The number of pyridine rings is 2. The predicted octanol–water partition coefficient (Wildman–Crippen LogP) is 4.47. The van der Waals surface area contributed by atoms with E-state index in [4.69, 9.17) is 10.7 Å². The summed E-state index contributed by atoms with van der Waals surface area (Å²) in [7, 11) is 0. The molecule has 4 aromatic heterocycles. The van der Waals surface area contributed by atoms with E-state index in [2.05, 4.69) is 48.2 Å². The molecule has 5 rings (SSSR count). The number of alkyl halides is 1. The number of nitrogens with two attached hydrogens (primary N) is 1. The Balaban J connectivity index is 1.52. The van der Waals surface area contributed by atoms with Crippen LogP contribution in [0.4, 0.5) is 21.7 Å². The Kier molecular flexibility index (Phi) is 6.14. The van der Waals surface area contributed by atoms with Crippen LogP contribution in [0.5, 0.6) is 0 Å². The fraction of sp³-hybridized carbons (Fsp3) is 0.440. The number of halogens is 1. The fourth-order valence-electron chi connectivity index (χ4n) is 4.53. The van der Waals surface area contributed by atoms with Gasteiger partial charge in [-0.25, -0.2) is 19.0 Å². The van der Waals surface area contributed by atoms with Crippen molar-refractivity contribution in [1.82, 2.24) is 29.5 Å². The van der Waals surface area contributed by atoms with Gasteiger partial charge < -0.3 is 16.0 Å². The second-order valence-electron chi connectivity index (χ2n) is 9.80. The van der Waals surface area contributed by atoms with Crippen molar-refractivity contribution in [3.8, 4) is 11.1 Å². The van der Waals surface area contributed by atoms with E-state index >= 15 is 0 Å². The van der Waals surface area contributed by atoms with Crippen LogP contribution in [0.1, 0.15) is 46.2 Å². The summed E-state index contributed by atoms with van der Waals surface area (Å²) in [4.78, 5) is 11.4. The number of nitrogens with one attached hydrogen (secondary N) is 1. The van der Waals surface area contributed by atoms with Gasteiger partial charge >= 0.3 is 0 Å². The van der Waals surface area contributed by atoms with E-state index in [1.165, 1.54) is 0 Å². The minimum absolute atomic E-state index is 0.197. The van der Waals surface area contributed by atoms with Crippen LogP contribution in [0.25, 0.3) is 22.2 Å². The van der Waals surface area contributed by atoms with E-state index in [1.807, 2.05) is 57.2 Å². The van der Waals surface area contributed by atoms with Gasteiger partial charge in [0.2, 0.25) is 0 Å². The Hall–Kier alpha value is -3.53. The highest BCUT2D eigenvalue weighted by atomic mass is 19.1. The molecule has 9 nitrogen and oxygen atoms in total. The topological polar surface area (TPSA) is 103 Å². The summed E-state index contributed by atoms with van der Waals surface area (Å²) in [6.07, 6.45) is 6.85. The van der Waals surface area contributed by atoms with E-state index in [-0.39, 0.29) is 18.1 Å². The lowest BCUT2D eigenvalue weighted by atomic mass is 10.0. The van der Waals surface area contributed by atoms with Crippen LogP contribution in [0.3, 0.4) is 0 Å². The van der Waals surface area contributed by atoms with Gasteiger partial charge in [0.1, 0.15) is 17.8 Å². The zero-order valence-electron chi connectivity index (χ0n) is 20.6. The van der Waals surface area contributed by atoms with Gasteiger partial charge in [-0.3, -0.25) is 4.68 Å². The maximum atomic E-state index is 14.5. The van der Waals surface area contributed by atoms with Gasteiger partial charge in [0, 0.05) is 66.2 Å². The molecule has 0 aliphatic carbocycles. The molecule has 0 aromatic carbocycles. The molecule has 1 aliphatic heterocycles. The third-order valence-corrected chi connectivity index (χ3v) is 6.29. The highest BCUT2D eigenvalue weighted by Gasteiger charge is 2.27. The van der Waals surface area contributed by atoms with Gasteiger partial charge in [0.25, 0.3) is 0 Å². The maximum Gasteiger partial charge on any atom is 0.160 e. The Labute approximate surface area is 204 Å². The summed E-state index contributed by atoms with van der Waals surface area (Å²) in [6, 6.07) is 6.05. The van der Waals surface area contributed by atoms with E-state index in [0.29, 0.717) is 31.1 Å². The highest BCUT2D eigenvalue weighted by Crippen LogP contribution is 2.35. The van der Waals surface area contributed by atoms with Crippen LogP contribution in [-0.2, 0) is 0 Å². The molecule has 5 heterocycles.